The Morgan fingerprint density at radius 2 is 1.67 bits per heavy atom. The molecule has 1 saturated carbocycles. The first-order valence-electron chi connectivity index (χ1n) is 12.9. The SMILES string of the molecule is C[C@H](Oc1ccc(Cl)cn1)[C@H]1CN(C(=O)C2CCN(C(=O)C3(C)CC3)CC2)C[C@@H]1c1ccc(Cl)cc1. The maximum absolute atomic E-state index is 13.6. The van der Waals surface area contributed by atoms with Crippen LogP contribution >= 0.6 is 23.2 Å². The number of aromatic nitrogens is 1. The molecule has 2 amide bonds. The highest BCUT2D eigenvalue weighted by molar-refractivity contribution is 6.30. The van der Waals surface area contributed by atoms with Crippen molar-refractivity contribution in [1.29, 1.82) is 0 Å². The Balaban J connectivity index is 1.27. The van der Waals surface area contributed by atoms with E-state index in [4.69, 9.17) is 27.9 Å². The summed E-state index contributed by atoms with van der Waals surface area (Å²) in [5.41, 5.74) is 0.997. The van der Waals surface area contributed by atoms with E-state index in [0.29, 0.717) is 42.1 Å². The third-order valence-corrected chi connectivity index (χ3v) is 8.71. The van der Waals surface area contributed by atoms with Crippen molar-refractivity contribution in [3.63, 3.8) is 0 Å². The lowest BCUT2D eigenvalue weighted by molar-refractivity contribution is -0.142. The van der Waals surface area contributed by atoms with Gasteiger partial charge in [0.2, 0.25) is 17.7 Å². The molecule has 3 fully saturated rings. The predicted octanol–water partition coefficient (Wildman–Crippen LogP) is 5.44. The maximum Gasteiger partial charge on any atom is 0.228 e. The van der Waals surface area contributed by atoms with Crippen molar-refractivity contribution < 1.29 is 14.3 Å². The summed E-state index contributed by atoms with van der Waals surface area (Å²) in [7, 11) is 0. The van der Waals surface area contributed by atoms with Gasteiger partial charge in [-0.15, -0.1) is 0 Å². The van der Waals surface area contributed by atoms with Gasteiger partial charge < -0.3 is 14.5 Å². The number of pyridine rings is 1. The van der Waals surface area contributed by atoms with E-state index in [1.165, 1.54) is 0 Å². The van der Waals surface area contributed by atoms with Gasteiger partial charge in [-0.2, -0.15) is 0 Å². The molecular formula is C28H33Cl2N3O3. The summed E-state index contributed by atoms with van der Waals surface area (Å²) in [6.45, 7) is 6.70. The normalized spacial score (nSPS) is 24.4. The van der Waals surface area contributed by atoms with Crippen molar-refractivity contribution in [2.24, 2.45) is 17.3 Å². The fourth-order valence-electron chi connectivity index (χ4n) is 5.63. The Morgan fingerprint density at radius 1 is 1.00 bits per heavy atom. The second kappa shape index (κ2) is 10.2. The smallest absolute Gasteiger partial charge is 0.228 e. The van der Waals surface area contributed by atoms with Crippen LogP contribution in [0.1, 0.15) is 51.0 Å². The van der Waals surface area contributed by atoms with Gasteiger partial charge in [-0.05, 0) is 56.4 Å². The van der Waals surface area contributed by atoms with Crippen LogP contribution in [0.5, 0.6) is 5.88 Å². The quantitative estimate of drug-likeness (QED) is 0.499. The number of piperidine rings is 1. The number of carbonyl (C=O) groups is 2. The summed E-state index contributed by atoms with van der Waals surface area (Å²) in [6.07, 6.45) is 4.85. The molecule has 0 N–H and O–H groups in total. The molecule has 1 aliphatic carbocycles. The van der Waals surface area contributed by atoms with E-state index in [2.05, 4.69) is 11.9 Å². The zero-order valence-corrected chi connectivity index (χ0v) is 22.3. The van der Waals surface area contributed by atoms with E-state index in [-0.39, 0.29) is 41.1 Å². The second-order valence-corrected chi connectivity index (χ2v) is 11.7. The summed E-state index contributed by atoms with van der Waals surface area (Å²) < 4.78 is 6.20. The molecule has 3 heterocycles. The topological polar surface area (TPSA) is 62.7 Å². The van der Waals surface area contributed by atoms with Crippen molar-refractivity contribution in [2.45, 2.75) is 51.6 Å². The molecule has 0 unspecified atom stereocenters. The van der Waals surface area contributed by atoms with E-state index in [1.807, 2.05) is 41.0 Å². The van der Waals surface area contributed by atoms with Gasteiger partial charge in [0.25, 0.3) is 0 Å². The summed E-state index contributed by atoms with van der Waals surface area (Å²) in [6, 6.07) is 11.4. The second-order valence-electron chi connectivity index (χ2n) is 10.8. The minimum Gasteiger partial charge on any atom is -0.474 e. The molecular weight excluding hydrogens is 497 g/mol. The fourth-order valence-corrected chi connectivity index (χ4v) is 5.87. The van der Waals surface area contributed by atoms with Crippen LogP contribution in [-0.4, -0.2) is 58.9 Å². The fraction of sp³-hybridized carbons (Fsp3) is 0.536. The minimum absolute atomic E-state index is 0.0418. The molecule has 2 aliphatic heterocycles. The Hall–Kier alpha value is -2.31. The van der Waals surface area contributed by atoms with Crippen LogP contribution in [0.4, 0.5) is 0 Å². The van der Waals surface area contributed by atoms with Gasteiger partial charge in [0.05, 0.1) is 5.02 Å². The lowest BCUT2D eigenvalue weighted by atomic mass is 9.86. The van der Waals surface area contributed by atoms with Gasteiger partial charge >= 0.3 is 0 Å². The first-order chi connectivity index (χ1) is 17.2. The van der Waals surface area contributed by atoms with Crippen LogP contribution < -0.4 is 4.74 Å². The van der Waals surface area contributed by atoms with Gasteiger partial charge in [0.15, 0.2) is 0 Å². The van der Waals surface area contributed by atoms with Crippen LogP contribution in [-0.2, 0) is 9.59 Å². The van der Waals surface area contributed by atoms with Gasteiger partial charge in [-0.3, -0.25) is 9.59 Å². The zero-order valence-electron chi connectivity index (χ0n) is 20.8. The van der Waals surface area contributed by atoms with Crippen LogP contribution in [0.25, 0.3) is 0 Å². The summed E-state index contributed by atoms with van der Waals surface area (Å²) >= 11 is 12.1. The summed E-state index contributed by atoms with van der Waals surface area (Å²) in [4.78, 5) is 34.6. The predicted molar refractivity (Wildman–Crippen MR) is 140 cm³/mol. The molecule has 8 heteroatoms. The van der Waals surface area contributed by atoms with Gasteiger partial charge in [0.1, 0.15) is 6.10 Å². The number of ether oxygens (including phenoxy) is 1. The Bertz CT molecular complexity index is 1100. The highest BCUT2D eigenvalue weighted by Gasteiger charge is 2.48. The monoisotopic (exact) mass is 529 g/mol. The molecule has 2 aromatic rings. The lowest BCUT2D eigenvalue weighted by Gasteiger charge is -2.34. The van der Waals surface area contributed by atoms with Crippen molar-refractivity contribution in [3.05, 3.63) is 58.2 Å². The van der Waals surface area contributed by atoms with Crippen LogP contribution in [0, 0.1) is 17.3 Å². The lowest BCUT2D eigenvalue weighted by Crippen LogP contribution is -2.46. The third-order valence-electron chi connectivity index (χ3n) is 8.23. The van der Waals surface area contributed by atoms with E-state index < -0.39 is 0 Å². The molecule has 0 spiro atoms. The van der Waals surface area contributed by atoms with Crippen LogP contribution in [0.2, 0.25) is 10.0 Å². The van der Waals surface area contributed by atoms with E-state index in [1.54, 1.807) is 18.3 Å². The maximum atomic E-state index is 13.6. The highest BCUT2D eigenvalue weighted by Crippen LogP contribution is 2.47. The van der Waals surface area contributed by atoms with Crippen molar-refractivity contribution >= 4 is 35.0 Å². The number of halogens is 2. The molecule has 3 aliphatic rings. The number of benzene rings is 1. The van der Waals surface area contributed by atoms with Crippen molar-refractivity contribution in [3.8, 4) is 5.88 Å². The molecule has 1 aromatic heterocycles. The standard InChI is InChI=1S/C28H33Cl2N3O3/c1-18(36-25-8-7-22(30)15-31-25)23-16-33(17-24(23)19-3-5-21(29)6-4-19)26(34)20-9-13-32(14-10-20)27(35)28(2)11-12-28/h3-8,15,18,20,23-24H,9-14,16-17H2,1-2H3/t18-,23+,24+/m0/s1. The zero-order chi connectivity index (χ0) is 25.4. The van der Waals surface area contributed by atoms with Gasteiger partial charge in [-0.25, -0.2) is 4.98 Å². The van der Waals surface area contributed by atoms with Crippen molar-refractivity contribution in [2.75, 3.05) is 26.2 Å². The Morgan fingerprint density at radius 3 is 2.28 bits per heavy atom. The number of amides is 2. The first kappa shape index (κ1) is 25.3. The molecule has 2 saturated heterocycles. The van der Waals surface area contributed by atoms with E-state index in [0.717, 1.165) is 31.2 Å². The number of hydrogen-bond acceptors (Lipinski definition) is 4. The Kier molecular flexibility index (Phi) is 7.19. The number of nitrogens with zero attached hydrogens (tertiary/aromatic N) is 3. The summed E-state index contributed by atoms with van der Waals surface area (Å²) in [5, 5.41) is 1.25. The number of hydrogen-bond donors (Lipinski definition) is 0. The number of rotatable bonds is 6. The molecule has 5 rings (SSSR count). The number of likely N-dealkylation sites (tertiary alicyclic amines) is 2. The first-order valence-corrected chi connectivity index (χ1v) is 13.6. The van der Waals surface area contributed by atoms with Crippen molar-refractivity contribution in [1.82, 2.24) is 14.8 Å². The average Bonchev–Trinajstić information content (AvgIpc) is 3.48. The molecule has 0 bridgehead atoms. The van der Waals surface area contributed by atoms with E-state index in [9.17, 15) is 9.59 Å². The molecule has 0 radical (unpaired) electrons. The van der Waals surface area contributed by atoms with Gasteiger partial charge in [-0.1, -0.05) is 42.3 Å². The van der Waals surface area contributed by atoms with E-state index >= 15 is 0 Å². The summed E-state index contributed by atoms with van der Waals surface area (Å²) in [5.74, 6) is 1.17. The molecule has 1 aromatic carbocycles. The number of carbonyl (C=O) groups excluding carboxylic acids is 2. The third kappa shape index (κ3) is 5.35. The van der Waals surface area contributed by atoms with Crippen LogP contribution in [0.3, 0.4) is 0 Å². The Labute approximate surface area is 222 Å². The molecule has 192 valence electrons. The molecule has 6 nitrogen and oxygen atoms in total. The molecule has 36 heavy (non-hydrogen) atoms. The average molecular weight is 530 g/mol. The highest BCUT2D eigenvalue weighted by atomic mass is 35.5. The minimum atomic E-state index is -0.157. The largest absolute Gasteiger partial charge is 0.474 e. The van der Waals surface area contributed by atoms with Crippen LogP contribution in [0.15, 0.2) is 42.6 Å². The van der Waals surface area contributed by atoms with Gasteiger partial charge in [0, 0.05) is 66.6 Å². The molecule has 3 atom stereocenters.